The molecule has 2 aromatic rings. The highest BCUT2D eigenvalue weighted by Crippen LogP contribution is 2.35. The summed E-state index contributed by atoms with van der Waals surface area (Å²) in [6, 6.07) is 14.1. The van der Waals surface area contributed by atoms with Crippen LogP contribution in [-0.2, 0) is 9.59 Å². The van der Waals surface area contributed by atoms with Crippen LogP contribution in [0, 0.1) is 0 Å². The molecule has 0 saturated carbocycles. The summed E-state index contributed by atoms with van der Waals surface area (Å²) in [5.41, 5.74) is 1.41. The number of aliphatic carboxylic acids is 1. The van der Waals surface area contributed by atoms with Gasteiger partial charge in [0.15, 0.2) is 11.8 Å². The third-order valence-corrected chi connectivity index (χ3v) is 5.14. The number of likely N-dealkylation sites (N-methyl/N-ethyl adjacent to an activating group) is 1. The van der Waals surface area contributed by atoms with E-state index >= 15 is 0 Å². The Kier molecular flexibility index (Phi) is 6.38. The van der Waals surface area contributed by atoms with Crippen molar-refractivity contribution < 1.29 is 19.4 Å². The Morgan fingerprint density at radius 1 is 1.25 bits per heavy atom. The van der Waals surface area contributed by atoms with Gasteiger partial charge in [0.2, 0.25) is 0 Å². The molecule has 0 spiro atoms. The number of carbonyl (C=O) groups excluding carboxylic acids is 1. The first-order valence-corrected chi connectivity index (χ1v) is 9.66. The molecule has 1 fully saturated rings. The average molecular weight is 417 g/mol. The van der Waals surface area contributed by atoms with E-state index in [0.717, 1.165) is 5.56 Å². The van der Waals surface area contributed by atoms with Gasteiger partial charge in [0.05, 0.1) is 15.6 Å². The van der Waals surface area contributed by atoms with E-state index in [1.165, 1.54) is 11.8 Å². The lowest BCUT2D eigenvalue weighted by Gasteiger charge is -2.12. The normalized spacial score (nSPS) is 16.8. The summed E-state index contributed by atoms with van der Waals surface area (Å²) in [7, 11) is 0. The van der Waals surface area contributed by atoms with E-state index in [1.807, 2.05) is 19.1 Å². The second kappa shape index (κ2) is 8.95. The lowest BCUT2D eigenvalue weighted by molar-refractivity contribution is -0.139. The molecule has 0 atom stereocenters. The fraction of sp³-hybridized carbons (Fsp3) is 0.150. The quantitative estimate of drug-likeness (QED) is 0.705. The Morgan fingerprint density at radius 2 is 1.96 bits per heavy atom. The molecule has 1 amide bonds. The molecule has 8 heteroatoms. The van der Waals surface area contributed by atoms with Gasteiger partial charge in [-0.1, -0.05) is 35.9 Å². The van der Waals surface area contributed by atoms with Crippen molar-refractivity contribution in [2.45, 2.75) is 6.92 Å². The number of hydrogen-bond donors (Lipinski definition) is 1. The molecule has 0 radical (unpaired) electrons. The Bertz CT molecular complexity index is 957. The summed E-state index contributed by atoms with van der Waals surface area (Å²) in [5.74, 6) is -0.709. The number of hydrogen-bond acceptors (Lipinski definition) is 5. The van der Waals surface area contributed by atoms with Crippen molar-refractivity contribution in [1.82, 2.24) is 4.90 Å². The van der Waals surface area contributed by atoms with Crippen LogP contribution in [0.5, 0.6) is 5.75 Å². The monoisotopic (exact) mass is 416 g/mol. The van der Waals surface area contributed by atoms with Crippen molar-refractivity contribution in [1.29, 1.82) is 0 Å². The van der Waals surface area contributed by atoms with Gasteiger partial charge in [-0.3, -0.25) is 9.69 Å². The molecule has 2 aromatic carbocycles. The van der Waals surface area contributed by atoms with Crippen LogP contribution in [0.2, 0.25) is 5.02 Å². The number of carboxylic acid groups (broad SMARTS) is 1. The third-order valence-electron chi connectivity index (χ3n) is 3.81. The number of para-hydroxylation sites is 1. The minimum Gasteiger partial charge on any atom is -0.482 e. The van der Waals surface area contributed by atoms with E-state index in [4.69, 9.17) is 21.4 Å². The minimum atomic E-state index is -1.04. The molecule has 6 nitrogen and oxygen atoms in total. The third kappa shape index (κ3) is 4.74. The number of ether oxygens (including phenoxy) is 1. The highest BCUT2D eigenvalue weighted by atomic mass is 35.5. The summed E-state index contributed by atoms with van der Waals surface area (Å²) in [4.78, 5) is 29.9. The molecule has 0 aromatic heterocycles. The van der Waals surface area contributed by atoms with Gasteiger partial charge in [-0.25, -0.2) is 9.79 Å². The summed E-state index contributed by atoms with van der Waals surface area (Å²) >= 11 is 7.46. The standard InChI is InChI=1S/C20H17ClN2O4S/c1-2-23-19(26)17(28-20(23)22-16-6-4-3-5-15(16)21)11-13-7-9-14(10-8-13)27-12-18(24)25/h3-11H,2,12H2,1H3,(H,24,25)/b17-11+,22-20?. The number of carboxylic acids is 1. The van der Waals surface area contributed by atoms with Gasteiger partial charge in [0.1, 0.15) is 5.75 Å². The fourth-order valence-corrected chi connectivity index (χ4v) is 3.71. The predicted octanol–water partition coefficient (Wildman–Crippen LogP) is 4.43. The van der Waals surface area contributed by atoms with Crippen LogP contribution in [0.4, 0.5) is 5.69 Å². The first kappa shape index (κ1) is 20.0. The van der Waals surface area contributed by atoms with Crippen molar-refractivity contribution in [3.63, 3.8) is 0 Å². The molecule has 3 rings (SSSR count). The number of amidine groups is 1. The largest absolute Gasteiger partial charge is 0.482 e. The van der Waals surface area contributed by atoms with Gasteiger partial charge in [-0.05, 0) is 54.6 Å². The van der Waals surface area contributed by atoms with Crippen LogP contribution < -0.4 is 4.74 Å². The molecule has 0 bridgehead atoms. The minimum absolute atomic E-state index is 0.121. The van der Waals surface area contributed by atoms with Crippen LogP contribution in [-0.4, -0.2) is 40.2 Å². The van der Waals surface area contributed by atoms with Crippen LogP contribution in [0.1, 0.15) is 12.5 Å². The fourth-order valence-electron chi connectivity index (χ4n) is 2.47. The second-order valence-electron chi connectivity index (χ2n) is 5.76. The number of nitrogens with zero attached hydrogens (tertiary/aromatic N) is 2. The molecular weight excluding hydrogens is 400 g/mol. The van der Waals surface area contributed by atoms with Crippen LogP contribution in [0.15, 0.2) is 58.4 Å². The molecule has 1 aliphatic heterocycles. The Hall–Kier alpha value is -2.77. The highest BCUT2D eigenvalue weighted by Gasteiger charge is 2.32. The van der Waals surface area contributed by atoms with Crippen LogP contribution in [0.3, 0.4) is 0 Å². The van der Waals surface area contributed by atoms with Gasteiger partial charge in [-0.2, -0.15) is 0 Å². The van der Waals surface area contributed by atoms with Crippen molar-refractivity contribution in [3.05, 3.63) is 64.0 Å². The van der Waals surface area contributed by atoms with E-state index in [1.54, 1.807) is 47.4 Å². The number of halogens is 1. The van der Waals surface area contributed by atoms with E-state index in [-0.39, 0.29) is 5.91 Å². The number of carbonyl (C=O) groups is 2. The molecular formula is C20H17ClN2O4S. The predicted molar refractivity (Wildman–Crippen MR) is 111 cm³/mol. The zero-order chi connectivity index (χ0) is 20.1. The maximum atomic E-state index is 12.7. The van der Waals surface area contributed by atoms with Crippen LogP contribution in [0.25, 0.3) is 6.08 Å². The van der Waals surface area contributed by atoms with Gasteiger partial charge in [0.25, 0.3) is 5.91 Å². The lowest BCUT2D eigenvalue weighted by Crippen LogP contribution is -2.28. The van der Waals surface area contributed by atoms with E-state index in [0.29, 0.717) is 33.1 Å². The molecule has 1 aliphatic rings. The van der Waals surface area contributed by atoms with E-state index < -0.39 is 12.6 Å². The van der Waals surface area contributed by atoms with Gasteiger partial charge in [0, 0.05) is 6.54 Å². The number of rotatable bonds is 6. The Balaban J connectivity index is 1.82. The topological polar surface area (TPSA) is 79.2 Å². The summed E-state index contributed by atoms with van der Waals surface area (Å²) < 4.78 is 5.11. The van der Waals surface area contributed by atoms with Crippen LogP contribution >= 0.6 is 23.4 Å². The number of amides is 1. The smallest absolute Gasteiger partial charge is 0.341 e. The lowest BCUT2D eigenvalue weighted by atomic mass is 10.2. The van der Waals surface area contributed by atoms with Crippen molar-refractivity contribution in [2.24, 2.45) is 4.99 Å². The first-order valence-electron chi connectivity index (χ1n) is 8.47. The Labute approximate surface area is 171 Å². The van der Waals surface area contributed by atoms with Crippen molar-refractivity contribution in [3.8, 4) is 5.75 Å². The number of benzene rings is 2. The number of thioether (sulfide) groups is 1. The Morgan fingerprint density at radius 3 is 2.61 bits per heavy atom. The zero-order valence-electron chi connectivity index (χ0n) is 15.0. The summed E-state index contributed by atoms with van der Waals surface area (Å²) in [6.45, 7) is 1.98. The summed E-state index contributed by atoms with van der Waals surface area (Å²) in [5, 5.41) is 9.74. The maximum Gasteiger partial charge on any atom is 0.341 e. The van der Waals surface area contributed by atoms with Gasteiger partial charge >= 0.3 is 5.97 Å². The number of aliphatic imine (C=N–C) groups is 1. The molecule has 1 saturated heterocycles. The summed E-state index contributed by atoms with van der Waals surface area (Å²) in [6.07, 6.45) is 1.77. The molecule has 144 valence electrons. The maximum absolute atomic E-state index is 12.7. The SMILES string of the molecule is CCN1C(=O)/C(=C\c2ccc(OCC(=O)O)cc2)SC1=Nc1ccccc1Cl. The van der Waals surface area contributed by atoms with E-state index in [2.05, 4.69) is 4.99 Å². The van der Waals surface area contributed by atoms with Gasteiger partial charge in [-0.15, -0.1) is 0 Å². The van der Waals surface area contributed by atoms with Crippen molar-refractivity contribution in [2.75, 3.05) is 13.2 Å². The molecule has 0 aliphatic carbocycles. The molecule has 1 N–H and O–H groups in total. The zero-order valence-corrected chi connectivity index (χ0v) is 16.5. The average Bonchev–Trinajstić information content (AvgIpc) is 2.97. The second-order valence-corrected chi connectivity index (χ2v) is 7.17. The van der Waals surface area contributed by atoms with Gasteiger partial charge < -0.3 is 9.84 Å². The molecule has 28 heavy (non-hydrogen) atoms. The molecule has 0 unspecified atom stereocenters. The first-order chi connectivity index (χ1) is 13.5. The van der Waals surface area contributed by atoms with Crippen molar-refractivity contribution >= 4 is 52.2 Å². The van der Waals surface area contributed by atoms with E-state index in [9.17, 15) is 9.59 Å². The molecule has 1 heterocycles. The highest BCUT2D eigenvalue weighted by molar-refractivity contribution is 8.18.